The second-order valence-corrected chi connectivity index (χ2v) is 14.2. The molecule has 50 heavy (non-hydrogen) atoms. The van der Waals surface area contributed by atoms with Crippen LogP contribution in [0.4, 0.5) is 0 Å². The highest BCUT2D eigenvalue weighted by Crippen LogP contribution is 2.23. The molecule has 0 saturated carbocycles. The molecule has 1 aliphatic rings. The van der Waals surface area contributed by atoms with Gasteiger partial charge in [0.05, 0.1) is 12.5 Å². The number of carboxylic acid groups (broad SMARTS) is 1. The van der Waals surface area contributed by atoms with Gasteiger partial charge in [-0.25, -0.2) is 4.79 Å². The number of aromatic hydroxyl groups is 1. The van der Waals surface area contributed by atoms with Crippen LogP contribution < -0.4 is 43.8 Å². The maximum Gasteiger partial charge on any atom is 0.327 e. The number of nitrogens with one attached hydrogen (secondary N) is 5. The number of hydrogen-bond acceptors (Lipinski definition) is 12. The molecular formula is C30H44N8O10S2. The van der Waals surface area contributed by atoms with Crippen molar-refractivity contribution in [2.45, 2.75) is 82.2 Å². The quantitative estimate of drug-likeness (QED) is 0.110. The van der Waals surface area contributed by atoms with Crippen molar-refractivity contribution < 1.29 is 48.6 Å². The number of amides is 7. The number of phenols is 1. The summed E-state index contributed by atoms with van der Waals surface area (Å²) in [6, 6.07) is -2.50. The van der Waals surface area contributed by atoms with Gasteiger partial charge in [-0.05, 0) is 30.0 Å². The van der Waals surface area contributed by atoms with Crippen LogP contribution in [0.2, 0.25) is 0 Å². The maximum absolute atomic E-state index is 13.7. The number of benzene rings is 1. The molecule has 7 atom stereocenters. The first-order valence-electron chi connectivity index (χ1n) is 15.6. The molecule has 2 rings (SSSR count). The van der Waals surface area contributed by atoms with E-state index in [1.807, 2.05) is 0 Å². The molecule has 1 heterocycles. The first-order valence-corrected chi connectivity index (χ1v) is 18.1. The predicted octanol–water partition coefficient (Wildman–Crippen LogP) is -2.65. The molecule has 0 bridgehead atoms. The second-order valence-electron chi connectivity index (χ2n) is 11.7. The van der Waals surface area contributed by atoms with Crippen molar-refractivity contribution in [3.8, 4) is 5.75 Å². The van der Waals surface area contributed by atoms with Gasteiger partial charge in [0.15, 0.2) is 0 Å². The minimum Gasteiger partial charge on any atom is -0.508 e. The first-order chi connectivity index (χ1) is 23.5. The standard InChI is InChI=1S/C30H44N8O10S2/c1-3-14(2)24-29(46)34-18(8-9-22(32)40)26(43)36-20(11-23(33)41)27(44)37-21(30(47)48)13-50-49-12-17(31)25(42)35-19(28(45)38-24)10-15-4-6-16(39)7-5-15/h4-7,14,17-21,24,39H,3,8-13,31H2,1-2H3,(H2,32,40)(H2,33,41)(H,34,46)(H,35,42)(H,36,43)(H,37,44)(H,38,45)(H,47,48)/t14-,17-,18-,19-,20-,21-,24?/m0/s1. The molecule has 1 aromatic carbocycles. The topological polar surface area (TPSA) is 315 Å². The second kappa shape index (κ2) is 20.2. The Bertz CT molecular complexity index is 1420. The largest absolute Gasteiger partial charge is 0.508 e. The number of carboxylic acids is 1. The zero-order chi connectivity index (χ0) is 37.5. The van der Waals surface area contributed by atoms with Gasteiger partial charge < -0.3 is 54.0 Å². The van der Waals surface area contributed by atoms with E-state index >= 15 is 0 Å². The Kier molecular flexibility index (Phi) is 16.8. The van der Waals surface area contributed by atoms with E-state index in [-0.39, 0.29) is 36.5 Å². The molecule has 0 radical (unpaired) electrons. The van der Waals surface area contributed by atoms with Crippen molar-refractivity contribution in [2.75, 3.05) is 11.5 Å². The van der Waals surface area contributed by atoms with Gasteiger partial charge >= 0.3 is 5.97 Å². The van der Waals surface area contributed by atoms with E-state index in [1.54, 1.807) is 26.0 Å². The number of nitrogens with two attached hydrogens (primary N) is 3. The lowest BCUT2D eigenvalue weighted by molar-refractivity contribution is -0.141. The maximum atomic E-state index is 13.7. The van der Waals surface area contributed by atoms with Crippen LogP contribution in [-0.2, 0) is 44.8 Å². The fraction of sp³-hybridized carbons (Fsp3) is 0.533. The average molecular weight is 741 g/mol. The Labute approximate surface area is 295 Å². The van der Waals surface area contributed by atoms with Crippen LogP contribution in [0.1, 0.15) is 45.1 Å². The SMILES string of the molecule is CC[C@H](C)C1NC(=O)[C@H](Cc2ccc(O)cc2)NC(=O)[C@@H](N)CSSC[C@@H](C(=O)O)NC(=O)[C@H](CC(N)=O)NC(=O)[C@H](CCC(N)=O)NC1=O. The summed E-state index contributed by atoms with van der Waals surface area (Å²) in [6.07, 6.45) is -1.16. The number of primary amides is 2. The highest BCUT2D eigenvalue weighted by Gasteiger charge is 2.35. The van der Waals surface area contributed by atoms with Gasteiger partial charge in [0.25, 0.3) is 0 Å². The molecule has 276 valence electrons. The zero-order valence-corrected chi connectivity index (χ0v) is 29.1. The first kappa shape index (κ1) is 41.6. The Morgan fingerprint density at radius 3 is 1.94 bits per heavy atom. The van der Waals surface area contributed by atoms with E-state index in [9.17, 15) is 48.6 Å². The van der Waals surface area contributed by atoms with Crippen LogP contribution in [0.15, 0.2) is 24.3 Å². The van der Waals surface area contributed by atoms with Gasteiger partial charge in [0, 0.05) is 24.3 Å². The lowest BCUT2D eigenvalue weighted by Gasteiger charge is -2.29. The summed E-state index contributed by atoms with van der Waals surface area (Å²) in [7, 11) is 2.00. The number of carbonyl (C=O) groups is 8. The molecule has 1 aromatic rings. The number of carbonyl (C=O) groups excluding carboxylic acids is 7. The molecular weight excluding hydrogens is 697 g/mol. The van der Waals surface area contributed by atoms with E-state index < -0.39 is 95.9 Å². The van der Waals surface area contributed by atoms with Crippen LogP contribution >= 0.6 is 21.6 Å². The van der Waals surface area contributed by atoms with Crippen LogP contribution in [0, 0.1) is 5.92 Å². The van der Waals surface area contributed by atoms with Crippen molar-refractivity contribution >= 4 is 68.9 Å². The summed E-state index contributed by atoms with van der Waals surface area (Å²) >= 11 is 0. The Hall–Kier alpha value is -4.56. The third-order valence-electron chi connectivity index (χ3n) is 7.67. The van der Waals surface area contributed by atoms with Crippen molar-refractivity contribution in [2.24, 2.45) is 23.1 Å². The van der Waals surface area contributed by atoms with Crippen LogP contribution in [0.3, 0.4) is 0 Å². The summed E-state index contributed by atoms with van der Waals surface area (Å²) in [5, 5.41) is 31.7. The van der Waals surface area contributed by atoms with Gasteiger partial charge in [-0.3, -0.25) is 33.6 Å². The van der Waals surface area contributed by atoms with Gasteiger partial charge in [-0.2, -0.15) is 0 Å². The number of hydrogen-bond donors (Lipinski definition) is 10. The third kappa shape index (κ3) is 13.7. The highest BCUT2D eigenvalue weighted by atomic mass is 33.1. The van der Waals surface area contributed by atoms with Crippen molar-refractivity contribution in [3.05, 3.63) is 29.8 Å². The van der Waals surface area contributed by atoms with Crippen LogP contribution in [0.25, 0.3) is 0 Å². The normalized spacial score (nSPS) is 25.5. The van der Waals surface area contributed by atoms with Crippen molar-refractivity contribution in [1.29, 1.82) is 0 Å². The molecule has 0 aromatic heterocycles. The lowest BCUT2D eigenvalue weighted by atomic mass is 9.96. The third-order valence-corrected chi connectivity index (χ3v) is 10.1. The van der Waals surface area contributed by atoms with Gasteiger partial charge in [0.1, 0.15) is 36.0 Å². The molecule has 13 N–H and O–H groups in total. The Morgan fingerprint density at radius 2 is 1.36 bits per heavy atom. The molecule has 1 saturated heterocycles. The minimum atomic E-state index is -1.67. The fourth-order valence-electron chi connectivity index (χ4n) is 4.57. The smallest absolute Gasteiger partial charge is 0.327 e. The zero-order valence-electron chi connectivity index (χ0n) is 27.5. The summed E-state index contributed by atoms with van der Waals surface area (Å²) in [5.41, 5.74) is 17.2. The molecule has 1 unspecified atom stereocenters. The number of aliphatic carboxylic acids is 1. The molecule has 1 aliphatic heterocycles. The minimum absolute atomic E-state index is 0.0240. The number of phenolic OH excluding ortho intramolecular Hbond substituents is 1. The molecule has 7 amide bonds. The average Bonchev–Trinajstić information content (AvgIpc) is 3.05. The predicted molar refractivity (Wildman–Crippen MR) is 184 cm³/mol. The molecule has 20 heteroatoms. The highest BCUT2D eigenvalue weighted by molar-refractivity contribution is 8.76. The van der Waals surface area contributed by atoms with Gasteiger partial charge in [-0.1, -0.05) is 54.0 Å². The summed E-state index contributed by atoms with van der Waals surface area (Å²) in [6.45, 7) is 3.41. The van der Waals surface area contributed by atoms with E-state index in [4.69, 9.17) is 17.2 Å². The van der Waals surface area contributed by atoms with Crippen LogP contribution in [0.5, 0.6) is 5.75 Å². The van der Waals surface area contributed by atoms with E-state index in [1.165, 1.54) is 12.1 Å². The van der Waals surface area contributed by atoms with E-state index in [0.29, 0.717) is 12.0 Å². The molecule has 18 nitrogen and oxygen atoms in total. The van der Waals surface area contributed by atoms with Crippen LogP contribution in [-0.4, -0.2) is 105 Å². The summed E-state index contributed by atoms with van der Waals surface area (Å²) in [4.78, 5) is 103. The Morgan fingerprint density at radius 1 is 0.800 bits per heavy atom. The van der Waals surface area contributed by atoms with Gasteiger partial charge in [0.2, 0.25) is 41.4 Å². The van der Waals surface area contributed by atoms with Crippen molar-refractivity contribution in [3.63, 3.8) is 0 Å². The molecule has 0 spiro atoms. The van der Waals surface area contributed by atoms with E-state index in [0.717, 1.165) is 21.6 Å². The monoisotopic (exact) mass is 740 g/mol. The molecule has 1 fully saturated rings. The van der Waals surface area contributed by atoms with Gasteiger partial charge in [-0.15, -0.1) is 0 Å². The lowest BCUT2D eigenvalue weighted by Crippen LogP contribution is -2.61. The number of rotatable bonds is 10. The van der Waals surface area contributed by atoms with Crippen molar-refractivity contribution in [1.82, 2.24) is 26.6 Å². The fourth-order valence-corrected chi connectivity index (χ4v) is 6.85. The molecule has 0 aliphatic carbocycles. The van der Waals surface area contributed by atoms with E-state index in [2.05, 4.69) is 26.6 Å². The summed E-state index contributed by atoms with van der Waals surface area (Å²) < 4.78 is 0. The summed E-state index contributed by atoms with van der Waals surface area (Å²) in [5.74, 6) is -8.51. The Balaban J connectivity index is 2.55.